The first-order valence-corrected chi connectivity index (χ1v) is 9.10. The fraction of sp³-hybridized carbons (Fsp3) is 0.364. The molecule has 0 saturated carbocycles. The van der Waals surface area contributed by atoms with Crippen molar-refractivity contribution in [2.75, 3.05) is 13.1 Å². The van der Waals surface area contributed by atoms with Gasteiger partial charge >= 0.3 is 5.97 Å². The third-order valence-electron chi connectivity index (χ3n) is 4.95. The number of nitrogens with one attached hydrogen (secondary N) is 1. The zero-order valence-electron chi connectivity index (χ0n) is 15.3. The lowest BCUT2D eigenvalue weighted by Crippen LogP contribution is -2.39. The number of rotatable bonds is 5. The van der Waals surface area contributed by atoms with E-state index in [2.05, 4.69) is 5.32 Å². The molecule has 1 N–H and O–H groups in total. The zero-order chi connectivity index (χ0) is 18.6. The van der Waals surface area contributed by atoms with Crippen molar-refractivity contribution in [3.8, 4) is 0 Å². The normalized spacial score (nSPS) is 15.5. The minimum absolute atomic E-state index is 0.0304. The molecule has 26 heavy (non-hydrogen) atoms. The second kappa shape index (κ2) is 7.83. The van der Waals surface area contributed by atoms with Crippen molar-refractivity contribution in [1.82, 2.24) is 5.32 Å². The van der Waals surface area contributed by atoms with Crippen molar-refractivity contribution in [2.24, 2.45) is 0 Å². The molecule has 0 amide bonds. The number of hydrogen-bond donors (Lipinski definition) is 1. The Hall–Kier alpha value is -2.46. The number of hydrogen-bond acceptors (Lipinski definition) is 4. The molecule has 0 atom stereocenters. The Kier molecular flexibility index (Phi) is 5.52. The molecule has 0 unspecified atom stereocenters. The van der Waals surface area contributed by atoms with Gasteiger partial charge in [-0.15, -0.1) is 0 Å². The maximum absolute atomic E-state index is 12.8. The van der Waals surface area contributed by atoms with Crippen LogP contribution in [0.4, 0.5) is 0 Å². The molecule has 0 aromatic heterocycles. The van der Waals surface area contributed by atoms with Crippen molar-refractivity contribution < 1.29 is 14.3 Å². The molecule has 3 rings (SSSR count). The largest absolute Gasteiger partial charge is 0.462 e. The Bertz CT molecular complexity index is 777. The Morgan fingerprint density at radius 1 is 0.962 bits per heavy atom. The molecule has 0 radical (unpaired) electrons. The van der Waals surface area contributed by atoms with E-state index in [9.17, 15) is 9.59 Å². The van der Waals surface area contributed by atoms with Gasteiger partial charge in [0.1, 0.15) is 6.10 Å². The summed E-state index contributed by atoms with van der Waals surface area (Å²) in [5.74, 6) is -0.288. The van der Waals surface area contributed by atoms with Gasteiger partial charge in [-0.05, 0) is 51.4 Å². The predicted octanol–water partition coefficient (Wildman–Crippen LogP) is 3.49. The van der Waals surface area contributed by atoms with E-state index in [1.165, 1.54) is 0 Å². The highest BCUT2D eigenvalue weighted by molar-refractivity contribution is 6.09. The first-order chi connectivity index (χ1) is 12.5. The van der Waals surface area contributed by atoms with Gasteiger partial charge in [-0.1, -0.05) is 48.5 Å². The van der Waals surface area contributed by atoms with E-state index >= 15 is 0 Å². The van der Waals surface area contributed by atoms with Crippen LogP contribution in [0.5, 0.6) is 0 Å². The number of ether oxygens (including phenoxy) is 1. The molecule has 1 aliphatic rings. The summed E-state index contributed by atoms with van der Waals surface area (Å²) in [5, 5.41) is 3.27. The fourth-order valence-electron chi connectivity index (χ4n) is 3.14. The molecule has 4 heteroatoms. The van der Waals surface area contributed by atoms with Gasteiger partial charge in [0.25, 0.3) is 0 Å². The summed E-state index contributed by atoms with van der Waals surface area (Å²) >= 11 is 0. The molecule has 0 spiro atoms. The van der Waals surface area contributed by atoms with Crippen LogP contribution in [0, 0.1) is 0 Å². The van der Waals surface area contributed by atoms with Crippen molar-refractivity contribution in [3.63, 3.8) is 0 Å². The number of esters is 1. The molecular weight excluding hydrogens is 326 g/mol. The van der Waals surface area contributed by atoms with Gasteiger partial charge in [0.2, 0.25) is 0 Å². The van der Waals surface area contributed by atoms with Crippen molar-refractivity contribution in [1.29, 1.82) is 0 Å². The van der Waals surface area contributed by atoms with Gasteiger partial charge in [-0.25, -0.2) is 0 Å². The average Bonchev–Trinajstić information content (AvgIpc) is 2.69. The number of ketones is 1. The third-order valence-corrected chi connectivity index (χ3v) is 4.95. The Balaban J connectivity index is 1.79. The Labute approximate surface area is 154 Å². The van der Waals surface area contributed by atoms with Gasteiger partial charge in [-0.3, -0.25) is 9.59 Å². The van der Waals surface area contributed by atoms with E-state index < -0.39 is 5.41 Å². The summed E-state index contributed by atoms with van der Waals surface area (Å²) < 4.78 is 5.73. The third kappa shape index (κ3) is 4.02. The van der Waals surface area contributed by atoms with Crippen molar-refractivity contribution >= 4 is 11.8 Å². The maximum Gasteiger partial charge on any atom is 0.316 e. The molecule has 1 fully saturated rings. The summed E-state index contributed by atoms with van der Waals surface area (Å²) in [4.78, 5) is 25.4. The molecule has 0 aliphatic carbocycles. The summed E-state index contributed by atoms with van der Waals surface area (Å²) in [5.41, 5.74) is 1.20. The first-order valence-electron chi connectivity index (χ1n) is 9.10. The summed E-state index contributed by atoms with van der Waals surface area (Å²) in [6.07, 6.45) is 1.65. The van der Waals surface area contributed by atoms with Gasteiger partial charge < -0.3 is 10.1 Å². The van der Waals surface area contributed by atoms with E-state index in [-0.39, 0.29) is 17.9 Å². The molecule has 2 aromatic carbocycles. The van der Waals surface area contributed by atoms with Crippen LogP contribution in [0.1, 0.15) is 48.2 Å². The molecule has 0 bridgehead atoms. The number of carbonyl (C=O) groups is 2. The lowest BCUT2D eigenvalue weighted by atomic mass is 9.83. The molecule has 136 valence electrons. The van der Waals surface area contributed by atoms with Crippen LogP contribution in [-0.4, -0.2) is 30.9 Å². The smallest absolute Gasteiger partial charge is 0.316 e. The molecule has 1 heterocycles. The fourth-order valence-corrected chi connectivity index (χ4v) is 3.14. The van der Waals surface area contributed by atoms with Gasteiger partial charge in [0, 0.05) is 11.1 Å². The zero-order valence-corrected chi connectivity index (χ0v) is 15.3. The second-order valence-electron chi connectivity index (χ2n) is 7.26. The monoisotopic (exact) mass is 351 g/mol. The van der Waals surface area contributed by atoms with E-state index in [1.54, 1.807) is 24.3 Å². The SMILES string of the molecule is CC(C)(C(=O)OC1CCNCC1)c1cccc(C(=O)c2ccccc2)c1. The molecule has 4 nitrogen and oxygen atoms in total. The topological polar surface area (TPSA) is 55.4 Å². The average molecular weight is 351 g/mol. The second-order valence-corrected chi connectivity index (χ2v) is 7.26. The Morgan fingerprint density at radius 3 is 2.31 bits per heavy atom. The minimum Gasteiger partial charge on any atom is -0.462 e. The highest BCUT2D eigenvalue weighted by Gasteiger charge is 2.34. The quantitative estimate of drug-likeness (QED) is 0.662. The van der Waals surface area contributed by atoms with E-state index in [0.717, 1.165) is 31.5 Å². The van der Waals surface area contributed by atoms with Crippen LogP contribution >= 0.6 is 0 Å². The van der Waals surface area contributed by atoms with Crippen LogP contribution in [0.3, 0.4) is 0 Å². The standard InChI is InChI=1S/C22H25NO3/c1-22(2,21(25)26-19-11-13-23-14-12-19)18-10-6-9-17(15-18)20(24)16-7-4-3-5-8-16/h3-10,15,19,23H,11-14H2,1-2H3. The van der Waals surface area contributed by atoms with E-state index in [4.69, 9.17) is 4.74 Å². The highest BCUT2D eigenvalue weighted by Crippen LogP contribution is 2.27. The van der Waals surface area contributed by atoms with Crippen LogP contribution in [0.2, 0.25) is 0 Å². The minimum atomic E-state index is -0.808. The van der Waals surface area contributed by atoms with Gasteiger partial charge in [0.15, 0.2) is 5.78 Å². The highest BCUT2D eigenvalue weighted by atomic mass is 16.5. The predicted molar refractivity (Wildman–Crippen MR) is 101 cm³/mol. The van der Waals surface area contributed by atoms with Crippen LogP contribution in [0.15, 0.2) is 54.6 Å². The summed E-state index contributed by atoms with van der Waals surface area (Å²) in [6, 6.07) is 16.5. The van der Waals surface area contributed by atoms with Crippen molar-refractivity contribution in [2.45, 2.75) is 38.2 Å². The molecule has 1 saturated heterocycles. The van der Waals surface area contributed by atoms with Crippen LogP contribution in [-0.2, 0) is 14.9 Å². The molecular formula is C22H25NO3. The summed E-state index contributed by atoms with van der Waals surface area (Å²) in [7, 11) is 0. The summed E-state index contributed by atoms with van der Waals surface area (Å²) in [6.45, 7) is 5.45. The lowest BCUT2D eigenvalue weighted by Gasteiger charge is -2.29. The van der Waals surface area contributed by atoms with Crippen LogP contribution in [0.25, 0.3) is 0 Å². The lowest BCUT2D eigenvalue weighted by molar-refractivity contribution is -0.156. The van der Waals surface area contributed by atoms with Crippen molar-refractivity contribution in [3.05, 3.63) is 71.3 Å². The number of benzene rings is 2. The number of carbonyl (C=O) groups excluding carboxylic acids is 2. The Morgan fingerprint density at radius 2 is 1.62 bits per heavy atom. The molecule has 1 aliphatic heterocycles. The number of piperidine rings is 1. The van der Waals surface area contributed by atoms with E-state index in [0.29, 0.717) is 11.1 Å². The van der Waals surface area contributed by atoms with Gasteiger partial charge in [0.05, 0.1) is 5.41 Å². The maximum atomic E-state index is 12.8. The van der Waals surface area contributed by atoms with Gasteiger partial charge in [-0.2, -0.15) is 0 Å². The van der Waals surface area contributed by atoms with Crippen LogP contribution < -0.4 is 5.32 Å². The first kappa shape index (κ1) is 18.3. The molecule has 2 aromatic rings. The van der Waals surface area contributed by atoms with E-state index in [1.807, 2.05) is 44.2 Å².